The molecule has 5 N–H and O–H groups in total. The van der Waals surface area contributed by atoms with Gasteiger partial charge in [0.05, 0.1) is 16.6 Å². The average Bonchev–Trinajstić information content (AvgIpc) is 3.08. The maximum Gasteiger partial charge on any atom is 0.341 e. The molecule has 1 aromatic heterocycles. The second-order valence-electron chi connectivity index (χ2n) is 6.22. The number of nitrogens with two attached hydrogens (primary N) is 2. The van der Waals surface area contributed by atoms with Gasteiger partial charge in [0.25, 0.3) is 0 Å². The van der Waals surface area contributed by atoms with Gasteiger partial charge in [0.15, 0.2) is 11.6 Å². The molecule has 1 aliphatic rings. The molecule has 1 saturated heterocycles. The zero-order valence-corrected chi connectivity index (χ0v) is 13.8. The first-order chi connectivity index (χ1) is 12.3. The van der Waals surface area contributed by atoms with E-state index < -0.39 is 39.7 Å². The summed E-state index contributed by atoms with van der Waals surface area (Å²) in [5.41, 5.74) is 8.47. The smallest absolute Gasteiger partial charge is 0.341 e. The molecule has 2 heterocycles. The summed E-state index contributed by atoms with van der Waals surface area (Å²) >= 11 is 0. The van der Waals surface area contributed by atoms with Gasteiger partial charge in [0.1, 0.15) is 11.3 Å². The van der Waals surface area contributed by atoms with E-state index in [2.05, 4.69) is 6.58 Å². The minimum Gasteiger partial charge on any atom is -0.477 e. The lowest BCUT2D eigenvalue weighted by Crippen LogP contribution is -2.26. The number of fused-ring (bicyclic) bond motifs is 1. The number of carboxylic acid groups (broad SMARTS) is 1. The van der Waals surface area contributed by atoms with Gasteiger partial charge in [-0.1, -0.05) is 6.58 Å². The number of pyridine rings is 1. The number of rotatable bonds is 4. The highest BCUT2D eigenvalue weighted by Gasteiger charge is 2.31. The average molecular weight is 364 g/mol. The van der Waals surface area contributed by atoms with Crippen molar-refractivity contribution in [1.29, 1.82) is 0 Å². The van der Waals surface area contributed by atoms with Gasteiger partial charge in [-0.25, -0.2) is 13.6 Å². The summed E-state index contributed by atoms with van der Waals surface area (Å²) < 4.78 is 31.1. The van der Waals surface area contributed by atoms with Crippen LogP contribution in [0.1, 0.15) is 16.8 Å². The number of carbonyl (C=O) groups is 1. The minimum atomic E-state index is -1.53. The lowest BCUT2D eigenvalue weighted by Gasteiger charge is -2.23. The number of anilines is 2. The highest BCUT2D eigenvalue weighted by molar-refractivity contribution is 6.00. The molecule has 0 spiro atoms. The van der Waals surface area contributed by atoms with E-state index in [0.29, 0.717) is 26.1 Å². The SMILES string of the molecule is C=Cn1cc(C(=O)O)c(=O)c2c(N)c(F)c(N3CCC(CN)C3)c(F)c21. The van der Waals surface area contributed by atoms with Crippen molar-refractivity contribution in [3.63, 3.8) is 0 Å². The van der Waals surface area contributed by atoms with E-state index in [1.54, 1.807) is 0 Å². The molecule has 1 aromatic carbocycles. The fraction of sp³-hybridized carbons (Fsp3) is 0.294. The van der Waals surface area contributed by atoms with Gasteiger partial charge in [0.2, 0.25) is 5.43 Å². The van der Waals surface area contributed by atoms with Gasteiger partial charge >= 0.3 is 5.97 Å². The molecule has 26 heavy (non-hydrogen) atoms. The second kappa shape index (κ2) is 6.41. The third-order valence-electron chi connectivity index (χ3n) is 4.73. The Kier molecular flexibility index (Phi) is 4.41. The Morgan fingerprint density at radius 1 is 1.42 bits per heavy atom. The van der Waals surface area contributed by atoms with E-state index in [0.717, 1.165) is 17.0 Å². The number of hydrogen-bond acceptors (Lipinski definition) is 5. The van der Waals surface area contributed by atoms with Crippen LogP contribution in [-0.4, -0.2) is 35.3 Å². The van der Waals surface area contributed by atoms with Crippen LogP contribution in [0.25, 0.3) is 17.1 Å². The molecule has 1 fully saturated rings. The van der Waals surface area contributed by atoms with Gasteiger partial charge in [0, 0.05) is 25.5 Å². The lowest BCUT2D eigenvalue weighted by molar-refractivity contribution is 0.0695. The highest BCUT2D eigenvalue weighted by Crippen LogP contribution is 2.37. The molecule has 138 valence electrons. The van der Waals surface area contributed by atoms with Crippen LogP contribution < -0.4 is 21.8 Å². The second-order valence-corrected chi connectivity index (χ2v) is 6.22. The van der Waals surface area contributed by atoms with E-state index in [-0.39, 0.29) is 17.1 Å². The fourth-order valence-corrected chi connectivity index (χ4v) is 3.35. The van der Waals surface area contributed by atoms with Crippen LogP contribution in [0.2, 0.25) is 0 Å². The van der Waals surface area contributed by atoms with Gasteiger partial charge < -0.3 is 26.0 Å². The van der Waals surface area contributed by atoms with Crippen LogP contribution in [0.5, 0.6) is 0 Å². The molecular weight excluding hydrogens is 346 g/mol. The summed E-state index contributed by atoms with van der Waals surface area (Å²) in [4.78, 5) is 25.2. The Morgan fingerprint density at radius 2 is 2.12 bits per heavy atom. The van der Waals surface area contributed by atoms with E-state index in [1.807, 2.05) is 0 Å². The number of halogens is 2. The quantitative estimate of drug-likeness (QED) is 0.708. The summed E-state index contributed by atoms with van der Waals surface area (Å²) in [6.07, 6.45) is 2.75. The topological polar surface area (TPSA) is 115 Å². The first-order valence-corrected chi connectivity index (χ1v) is 7.97. The van der Waals surface area contributed by atoms with Gasteiger partial charge in [-0.15, -0.1) is 0 Å². The van der Waals surface area contributed by atoms with Gasteiger partial charge in [-0.2, -0.15) is 0 Å². The third-order valence-corrected chi connectivity index (χ3v) is 4.73. The molecule has 0 radical (unpaired) electrons. The molecule has 0 saturated carbocycles. The Morgan fingerprint density at radius 3 is 2.65 bits per heavy atom. The van der Waals surface area contributed by atoms with E-state index >= 15 is 4.39 Å². The highest BCUT2D eigenvalue weighted by atomic mass is 19.1. The first-order valence-electron chi connectivity index (χ1n) is 7.97. The lowest BCUT2D eigenvalue weighted by atomic mass is 10.1. The van der Waals surface area contributed by atoms with Crippen molar-refractivity contribution in [3.05, 3.63) is 40.2 Å². The van der Waals surface area contributed by atoms with Crippen molar-refractivity contribution in [2.75, 3.05) is 30.3 Å². The normalized spacial score (nSPS) is 17.0. The van der Waals surface area contributed by atoms with Gasteiger partial charge in [-0.05, 0) is 18.9 Å². The first kappa shape index (κ1) is 17.9. The predicted octanol–water partition coefficient (Wildman–Crippen LogP) is 1.45. The Balaban J connectivity index is 2.38. The molecule has 1 unspecified atom stereocenters. The predicted molar refractivity (Wildman–Crippen MR) is 95.3 cm³/mol. The monoisotopic (exact) mass is 364 g/mol. The molecule has 1 atom stereocenters. The zero-order valence-electron chi connectivity index (χ0n) is 13.8. The maximum atomic E-state index is 15.2. The number of aromatic carboxylic acids is 1. The van der Waals surface area contributed by atoms with E-state index in [1.165, 1.54) is 4.90 Å². The Hall–Kier alpha value is -2.94. The largest absolute Gasteiger partial charge is 0.477 e. The van der Waals surface area contributed by atoms with Crippen LogP contribution in [0.15, 0.2) is 17.6 Å². The molecule has 0 bridgehead atoms. The number of hydrogen-bond donors (Lipinski definition) is 3. The number of nitrogens with zero attached hydrogens (tertiary/aromatic N) is 2. The van der Waals surface area contributed by atoms with Crippen LogP contribution in [-0.2, 0) is 0 Å². The fourth-order valence-electron chi connectivity index (χ4n) is 3.35. The Labute approximate surface area is 147 Å². The van der Waals surface area contributed by atoms with E-state index in [4.69, 9.17) is 16.6 Å². The molecule has 2 aromatic rings. The summed E-state index contributed by atoms with van der Waals surface area (Å²) in [7, 11) is 0. The molecule has 7 nitrogen and oxygen atoms in total. The van der Waals surface area contributed by atoms with Crippen molar-refractivity contribution in [1.82, 2.24) is 4.57 Å². The Bertz CT molecular complexity index is 987. The minimum absolute atomic E-state index is 0.0988. The molecule has 3 rings (SSSR count). The van der Waals surface area contributed by atoms with Crippen molar-refractivity contribution in [3.8, 4) is 0 Å². The number of carboxylic acids is 1. The van der Waals surface area contributed by atoms with Crippen molar-refractivity contribution < 1.29 is 18.7 Å². The molecule has 1 aliphatic heterocycles. The summed E-state index contributed by atoms with van der Waals surface area (Å²) in [6, 6.07) is 0. The van der Waals surface area contributed by atoms with Crippen LogP contribution >= 0.6 is 0 Å². The van der Waals surface area contributed by atoms with Crippen molar-refractivity contribution in [2.24, 2.45) is 11.7 Å². The molecular formula is C17H18F2N4O3. The van der Waals surface area contributed by atoms with Crippen LogP contribution in [0, 0.1) is 17.6 Å². The molecule has 0 aliphatic carbocycles. The number of aromatic nitrogens is 1. The number of benzene rings is 1. The summed E-state index contributed by atoms with van der Waals surface area (Å²) in [5.74, 6) is -3.50. The molecule has 0 amide bonds. The van der Waals surface area contributed by atoms with E-state index in [9.17, 15) is 14.0 Å². The van der Waals surface area contributed by atoms with Gasteiger partial charge in [-0.3, -0.25) is 4.79 Å². The standard InChI is InChI=1S/C17H18F2N4O3/c1-2-22-7-9(17(25)26)16(24)10-13(21)11(18)15(12(19)14(10)22)23-4-3-8(5-20)6-23/h2,7-8H,1,3-6,20-21H2,(H,25,26). The maximum absolute atomic E-state index is 15.2. The summed E-state index contributed by atoms with van der Waals surface area (Å²) in [6.45, 7) is 4.64. The zero-order chi connectivity index (χ0) is 19.2. The molecule has 9 heteroatoms. The van der Waals surface area contributed by atoms with Crippen LogP contribution in [0.3, 0.4) is 0 Å². The number of nitrogen functional groups attached to an aromatic ring is 1. The summed E-state index contributed by atoms with van der Waals surface area (Å²) in [5, 5.41) is 8.65. The third kappa shape index (κ3) is 2.51. The van der Waals surface area contributed by atoms with Crippen molar-refractivity contribution in [2.45, 2.75) is 6.42 Å². The van der Waals surface area contributed by atoms with Crippen molar-refractivity contribution >= 4 is 34.4 Å². The van der Waals surface area contributed by atoms with Crippen LogP contribution in [0.4, 0.5) is 20.2 Å².